The number of fused-ring (bicyclic) bond motifs is 3. The van der Waals surface area contributed by atoms with Crippen LogP contribution in [0.3, 0.4) is 0 Å². The molecule has 0 saturated carbocycles. The van der Waals surface area contributed by atoms with Gasteiger partial charge >= 0.3 is 7.12 Å². The summed E-state index contributed by atoms with van der Waals surface area (Å²) in [5.74, 6) is 2.25. The molecular weight excluding hydrogens is 429 g/mol. The van der Waals surface area contributed by atoms with Crippen LogP contribution in [0.2, 0.25) is 0 Å². The van der Waals surface area contributed by atoms with E-state index in [9.17, 15) is 0 Å². The average molecular weight is 463 g/mol. The number of hydrogen-bond donors (Lipinski definition) is 0. The van der Waals surface area contributed by atoms with Crippen LogP contribution >= 0.6 is 0 Å². The zero-order chi connectivity index (χ0) is 25.2. The normalized spacial score (nSPS) is 19.7. The van der Waals surface area contributed by atoms with E-state index in [1.807, 2.05) is 0 Å². The molecule has 2 aromatic carbocycles. The van der Waals surface area contributed by atoms with Crippen molar-refractivity contribution in [2.45, 2.75) is 59.2 Å². The molecule has 35 heavy (non-hydrogen) atoms. The summed E-state index contributed by atoms with van der Waals surface area (Å²) in [5, 5.41) is 2.45. The molecule has 4 heteroatoms. The second-order valence-electron chi connectivity index (χ2n) is 9.91. The summed E-state index contributed by atoms with van der Waals surface area (Å²) in [6.07, 6.45) is 18.5. The minimum Gasteiger partial charge on any atom is -0.399 e. The van der Waals surface area contributed by atoms with E-state index in [2.05, 4.69) is 130 Å². The first-order chi connectivity index (χ1) is 16.7. The van der Waals surface area contributed by atoms with Crippen LogP contribution in [-0.2, 0) is 9.31 Å². The third kappa shape index (κ3) is 4.55. The highest BCUT2D eigenvalue weighted by Gasteiger charge is 2.51. The van der Waals surface area contributed by atoms with Crippen molar-refractivity contribution < 1.29 is 9.31 Å². The van der Waals surface area contributed by atoms with Gasteiger partial charge in [-0.15, -0.1) is 12.3 Å². The first-order valence-electron chi connectivity index (χ1n) is 12.2. The van der Waals surface area contributed by atoms with Crippen LogP contribution in [0, 0.1) is 12.3 Å². The fourth-order valence-corrected chi connectivity index (χ4v) is 4.56. The van der Waals surface area contributed by atoms with Gasteiger partial charge in [-0.1, -0.05) is 60.7 Å². The van der Waals surface area contributed by atoms with Gasteiger partial charge in [-0.25, -0.2) is 0 Å². The molecule has 3 aromatic rings. The molecule has 5 rings (SSSR count). The number of benzene rings is 2. The lowest BCUT2D eigenvalue weighted by atomic mass is 9.78. The van der Waals surface area contributed by atoms with E-state index in [1.165, 1.54) is 33.1 Å². The number of aromatic nitrogens is 1. The number of nitrogens with zero attached hydrogens (tertiary/aromatic N) is 1. The SMILES string of the molecule is C#CC.C/C=C\C(=C1\C=CC=CC1)n1c2ccccc2c2cc(B3OC(C)(C)C(C)(C)O3)ccc21. The summed E-state index contributed by atoms with van der Waals surface area (Å²) < 4.78 is 15.1. The largest absolute Gasteiger partial charge is 0.494 e. The van der Waals surface area contributed by atoms with Crippen LogP contribution in [-0.4, -0.2) is 22.9 Å². The maximum Gasteiger partial charge on any atom is 0.494 e. The molecule has 0 radical (unpaired) electrons. The Kier molecular flexibility index (Phi) is 6.94. The standard InChI is InChI=1S/C28H30BNO2.C3H4/c1-6-12-24(20-13-8-7-9-14-20)30-25-16-11-10-15-22(25)23-19-21(17-18-26(23)30)29-31-27(2,3)28(4,5)32-29;1-3-2/h6-13,15-19H,14H2,1-5H3;1H,2H3/b12-6-,24-20+;. The van der Waals surface area contributed by atoms with Crippen molar-refractivity contribution in [1.82, 2.24) is 4.57 Å². The molecule has 1 saturated heterocycles. The molecular formula is C31H34BNO2. The zero-order valence-corrected chi connectivity index (χ0v) is 21.6. The third-order valence-electron chi connectivity index (χ3n) is 7.00. The molecule has 1 aromatic heterocycles. The average Bonchev–Trinajstić information content (AvgIpc) is 3.28. The van der Waals surface area contributed by atoms with Crippen molar-refractivity contribution in [2.75, 3.05) is 0 Å². The Morgan fingerprint density at radius 2 is 1.66 bits per heavy atom. The van der Waals surface area contributed by atoms with Crippen molar-refractivity contribution in [3.63, 3.8) is 0 Å². The Balaban J connectivity index is 0.000000917. The van der Waals surface area contributed by atoms with Crippen LogP contribution < -0.4 is 5.46 Å². The Morgan fingerprint density at radius 1 is 1.00 bits per heavy atom. The molecule has 0 spiro atoms. The van der Waals surface area contributed by atoms with Crippen LogP contribution in [0.25, 0.3) is 27.5 Å². The summed E-state index contributed by atoms with van der Waals surface area (Å²) >= 11 is 0. The predicted octanol–water partition coefficient (Wildman–Crippen LogP) is 7.04. The first-order valence-corrected chi connectivity index (χ1v) is 12.2. The summed E-state index contributed by atoms with van der Waals surface area (Å²) in [6.45, 7) is 12.1. The summed E-state index contributed by atoms with van der Waals surface area (Å²) in [6, 6.07) is 15.2. The molecule has 0 unspecified atom stereocenters. The summed E-state index contributed by atoms with van der Waals surface area (Å²) in [5.41, 5.74) is 5.26. The Bertz CT molecular complexity index is 1390. The van der Waals surface area contributed by atoms with Gasteiger partial charge in [-0.2, -0.15) is 0 Å². The second kappa shape index (κ2) is 9.78. The van der Waals surface area contributed by atoms with Crippen LogP contribution in [0.1, 0.15) is 48.0 Å². The lowest BCUT2D eigenvalue weighted by Crippen LogP contribution is -2.41. The van der Waals surface area contributed by atoms with E-state index < -0.39 is 0 Å². The minimum absolute atomic E-state index is 0.356. The second-order valence-corrected chi connectivity index (χ2v) is 9.91. The smallest absolute Gasteiger partial charge is 0.399 e. The van der Waals surface area contributed by atoms with Gasteiger partial charge in [-0.3, -0.25) is 0 Å². The molecule has 0 atom stereocenters. The molecule has 1 aliphatic carbocycles. The van der Waals surface area contributed by atoms with E-state index in [-0.39, 0.29) is 18.3 Å². The summed E-state index contributed by atoms with van der Waals surface area (Å²) in [4.78, 5) is 0. The summed E-state index contributed by atoms with van der Waals surface area (Å²) in [7, 11) is -0.369. The number of allylic oxidation sites excluding steroid dienone is 8. The molecule has 1 aliphatic heterocycles. The highest BCUT2D eigenvalue weighted by molar-refractivity contribution is 6.62. The highest BCUT2D eigenvalue weighted by Crippen LogP contribution is 2.38. The van der Waals surface area contributed by atoms with Crippen LogP contribution in [0.5, 0.6) is 0 Å². The Labute approximate surface area is 210 Å². The van der Waals surface area contributed by atoms with Gasteiger partial charge in [0.1, 0.15) is 0 Å². The van der Waals surface area contributed by atoms with Gasteiger partial charge in [0.2, 0.25) is 0 Å². The van der Waals surface area contributed by atoms with Crippen LogP contribution in [0.15, 0.2) is 84.5 Å². The van der Waals surface area contributed by atoms with Gasteiger partial charge in [0, 0.05) is 16.5 Å². The minimum atomic E-state index is -0.369. The van der Waals surface area contributed by atoms with Crippen molar-refractivity contribution in [1.29, 1.82) is 0 Å². The topological polar surface area (TPSA) is 23.4 Å². The van der Waals surface area contributed by atoms with E-state index in [1.54, 1.807) is 6.92 Å². The first kappa shape index (κ1) is 24.9. The molecule has 0 N–H and O–H groups in total. The van der Waals surface area contributed by atoms with Crippen LogP contribution in [0.4, 0.5) is 0 Å². The fraction of sp³-hybridized carbons (Fsp3) is 0.290. The van der Waals surface area contributed by atoms with Gasteiger partial charge in [0.25, 0.3) is 0 Å². The number of terminal acetylenes is 1. The molecule has 3 nitrogen and oxygen atoms in total. The van der Waals surface area contributed by atoms with E-state index in [0.717, 1.165) is 11.9 Å². The Hall–Kier alpha value is -3.26. The van der Waals surface area contributed by atoms with E-state index in [0.29, 0.717) is 0 Å². The maximum absolute atomic E-state index is 6.33. The predicted molar refractivity (Wildman–Crippen MR) is 151 cm³/mol. The maximum atomic E-state index is 6.33. The van der Waals surface area contributed by atoms with Crippen molar-refractivity contribution in [3.05, 3.63) is 84.5 Å². The quantitative estimate of drug-likeness (QED) is 0.307. The monoisotopic (exact) mass is 463 g/mol. The Morgan fingerprint density at radius 3 is 2.29 bits per heavy atom. The van der Waals surface area contributed by atoms with Crippen molar-refractivity contribution in [2.24, 2.45) is 0 Å². The fourth-order valence-electron chi connectivity index (χ4n) is 4.56. The number of hydrogen-bond acceptors (Lipinski definition) is 2. The third-order valence-corrected chi connectivity index (χ3v) is 7.00. The van der Waals surface area contributed by atoms with Gasteiger partial charge < -0.3 is 13.9 Å². The van der Waals surface area contributed by atoms with Gasteiger partial charge in [0.05, 0.1) is 22.2 Å². The molecule has 0 bridgehead atoms. The number of rotatable bonds is 3. The van der Waals surface area contributed by atoms with E-state index in [4.69, 9.17) is 9.31 Å². The lowest BCUT2D eigenvalue weighted by Gasteiger charge is -2.32. The molecule has 0 amide bonds. The van der Waals surface area contributed by atoms with Gasteiger partial charge in [-0.05, 0) is 77.2 Å². The molecule has 2 heterocycles. The van der Waals surface area contributed by atoms with E-state index >= 15 is 0 Å². The highest BCUT2D eigenvalue weighted by atomic mass is 16.7. The van der Waals surface area contributed by atoms with Gasteiger partial charge in [0.15, 0.2) is 0 Å². The lowest BCUT2D eigenvalue weighted by molar-refractivity contribution is 0.00578. The zero-order valence-electron chi connectivity index (χ0n) is 21.6. The van der Waals surface area contributed by atoms with Crippen molar-refractivity contribution >= 4 is 40.1 Å². The molecule has 178 valence electrons. The number of para-hydroxylation sites is 1. The molecule has 1 fully saturated rings. The molecule has 2 aliphatic rings. The van der Waals surface area contributed by atoms with Crippen molar-refractivity contribution in [3.8, 4) is 12.3 Å².